The third-order valence-corrected chi connectivity index (χ3v) is 3.22. The van der Waals surface area contributed by atoms with E-state index in [9.17, 15) is 9.59 Å². The van der Waals surface area contributed by atoms with Crippen molar-refractivity contribution in [2.24, 2.45) is 0 Å². The molecule has 0 aromatic carbocycles. The Balaban J connectivity index is 3.15. The maximum absolute atomic E-state index is 11.1. The Morgan fingerprint density at radius 3 is 1.42 bits per heavy atom. The molecule has 150 valence electrons. The number of carbonyl (C=O) groups is 2. The molecule has 0 fully saturated rings. The molecule has 0 aliphatic rings. The highest BCUT2D eigenvalue weighted by molar-refractivity contribution is 5.67. The van der Waals surface area contributed by atoms with Crippen LogP contribution in [-0.2, 0) is 9.47 Å². The SMILES string of the molecule is C=CCOC(=O)NCCCNCCCCNCCCNC(=O)OCC=C. The van der Waals surface area contributed by atoms with Gasteiger partial charge in [0.2, 0.25) is 0 Å². The highest BCUT2D eigenvalue weighted by Gasteiger charge is 1.99. The number of hydrogen-bond donors (Lipinski definition) is 4. The second-order valence-corrected chi connectivity index (χ2v) is 5.54. The molecule has 0 aromatic heterocycles. The van der Waals surface area contributed by atoms with Gasteiger partial charge in [0.25, 0.3) is 0 Å². The van der Waals surface area contributed by atoms with Crippen molar-refractivity contribution in [1.82, 2.24) is 21.3 Å². The van der Waals surface area contributed by atoms with Crippen LogP contribution in [0.2, 0.25) is 0 Å². The third-order valence-electron chi connectivity index (χ3n) is 3.22. The van der Waals surface area contributed by atoms with Gasteiger partial charge in [-0.1, -0.05) is 25.3 Å². The molecule has 0 bridgehead atoms. The number of unbranched alkanes of at least 4 members (excludes halogenated alkanes) is 1. The van der Waals surface area contributed by atoms with Crippen molar-refractivity contribution >= 4 is 12.2 Å². The van der Waals surface area contributed by atoms with Crippen LogP contribution in [0.15, 0.2) is 25.3 Å². The summed E-state index contributed by atoms with van der Waals surface area (Å²) in [5.74, 6) is 0. The molecule has 0 spiro atoms. The molecule has 0 radical (unpaired) electrons. The summed E-state index contributed by atoms with van der Waals surface area (Å²) in [5.41, 5.74) is 0. The Kier molecular flexibility index (Phi) is 17.7. The van der Waals surface area contributed by atoms with E-state index in [2.05, 4.69) is 34.4 Å². The molecule has 0 saturated carbocycles. The average Bonchev–Trinajstić information content (AvgIpc) is 2.64. The van der Waals surface area contributed by atoms with Gasteiger partial charge >= 0.3 is 12.2 Å². The van der Waals surface area contributed by atoms with E-state index in [4.69, 9.17) is 9.47 Å². The Hall–Kier alpha value is -2.06. The van der Waals surface area contributed by atoms with Gasteiger partial charge < -0.3 is 30.7 Å². The zero-order chi connectivity index (χ0) is 19.3. The lowest BCUT2D eigenvalue weighted by Gasteiger charge is -2.08. The van der Waals surface area contributed by atoms with Crippen LogP contribution in [-0.4, -0.2) is 64.7 Å². The van der Waals surface area contributed by atoms with Crippen LogP contribution in [0.5, 0.6) is 0 Å². The van der Waals surface area contributed by atoms with Crippen molar-refractivity contribution in [2.75, 3.05) is 52.5 Å². The molecule has 0 rings (SSSR count). The fraction of sp³-hybridized carbons (Fsp3) is 0.667. The van der Waals surface area contributed by atoms with E-state index in [-0.39, 0.29) is 13.2 Å². The Labute approximate surface area is 156 Å². The molecule has 8 nitrogen and oxygen atoms in total. The molecule has 0 saturated heterocycles. The van der Waals surface area contributed by atoms with Gasteiger partial charge in [0.05, 0.1) is 0 Å². The molecule has 26 heavy (non-hydrogen) atoms. The van der Waals surface area contributed by atoms with Gasteiger partial charge in [-0.2, -0.15) is 0 Å². The molecule has 0 atom stereocenters. The van der Waals surface area contributed by atoms with Crippen molar-refractivity contribution in [3.8, 4) is 0 Å². The van der Waals surface area contributed by atoms with E-state index >= 15 is 0 Å². The first-order chi connectivity index (χ1) is 12.7. The molecule has 0 unspecified atom stereocenters. The summed E-state index contributed by atoms with van der Waals surface area (Å²) in [4.78, 5) is 22.3. The summed E-state index contributed by atoms with van der Waals surface area (Å²) in [6.07, 6.45) is 6.18. The predicted octanol–water partition coefficient (Wildman–Crippen LogP) is 1.55. The highest BCUT2D eigenvalue weighted by atomic mass is 16.6. The van der Waals surface area contributed by atoms with Crippen LogP contribution in [0.1, 0.15) is 25.7 Å². The average molecular weight is 370 g/mol. The fourth-order valence-corrected chi connectivity index (χ4v) is 1.93. The summed E-state index contributed by atoms with van der Waals surface area (Å²) < 4.78 is 9.60. The van der Waals surface area contributed by atoms with Crippen LogP contribution in [0, 0.1) is 0 Å². The maximum Gasteiger partial charge on any atom is 0.407 e. The number of nitrogens with one attached hydrogen (secondary N) is 4. The van der Waals surface area contributed by atoms with Gasteiger partial charge in [0.15, 0.2) is 0 Å². The van der Waals surface area contributed by atoms with Crippen LogP contribution in [0.4, 0.5) is 9.59 Å². The van der Waals surface area contributed by atoms with Crippen molar-refractivity contribution in [2.45, 2.75) is 25.7 Å². The first-order valence-corrected chi connectivity index (χ1v) is 9.15. The summed E-state index contributed by atoms with van der Waals surface area (Å²) in [5, 5.41) is 12.0. The molecule has 4 N–H and O–H groups in total. The molecular weight excluding hydrogens is 336 g/mol. The number of rotatable bonds is 17. The molecule has 8 heteroatoms. The van der Waals surface area contributed by atoms with Crippen LogP contribution in [0.3, 0.4) is 0 Å². The monoisotopic (exact) mass is 370 g/mol. The summed E-state index contributed by atoms with van der Waals surface area (Å²) in [7, 11) is 0. The smallest absolute Gasteiger partial charge is 0.407 e. The van der Waals surface area contributed by atoms with Crippen molar-refractivity contribution < 1.29 is 19.1 Å². The summed E-state index contributed by atoms with van der Waals surface area (Å²) in [6.45, 7) is 12.3. The van der Waals surface area contributed by atoms with E-state index in [0.29, 0.717) is 13.1 Å². The quantitative estimate of drug-likeness (QED) is 0.229. The molecular formula is C18H34N4O4. The number of carbonyl (C=O) groups excluding carboxylic acids is 2. The zero-order valence-electron chi connectivity index (χ0n) is 15.7. The van der Waals surface area contributed by atoms with Gasteiger partial charge in [-0.05, 0) is 51.9 Å². The Morgan fingerprint density at radius 2 is 1.04 bits per heavy atom. The minimum Gasteiger partial charge on any atom is -0.445 e. The van der Waals surface area contributed by atoms with Crippen molar-refractivity contribution in [1.29, 1.82) is 0 Å². The van der Waals surface area contributed by atoms with Gasteiger partial charge in [-0.3, -0.25) is 0 Å². The van der Waals surface area contributed by atoms with E-state index in [1.807, 2.05) is 0 Å². The standard InChI is InChI=1S/C18H34N4O4/c1-3-15-25-17(23)21-13-7-11-19-9-5-6-10-20-12-8-14-22-18(24)26-16-4-2/h3-4,19-20H,1-2,5-16H2,(H,21,23)(H,22,24). The van der Waals surface area contributed by atoms with E-state index < -0.39 is 12.2 Å². The predicted molar refractivity (Wildman–Crippen MR) is 103 cm³/mol. The normalized spacial score (nSPS) is 10.0. The number of hydrogen-bond acceptors (Lipinski definition) is 6. The lowest BCUT2D eigenvalue weighted by atomic mass is 10.3. The lowest BCUT2D eigenvalue weighted by Crippen LogP contribution is -2.29. The van der Waals surface area contributed by atoms with Gasteiger partial charge in [-0.25, -0.2) is 9.59 Å². The van der Waals surface area contributed by atoms with E-state index in [0.717, 1.165) is 51.9 Å². The summed E-state index contributed by atoms with van der Waals surface area (Å²) >= 11 is 0. The topological polar surface area (TPSA) is 101 Å². The molecule has 2 amide bonds. The molecule has 0 aliphatic heterocycles. The number of ether oxygens (including phenoxy) is 2. The zero-order valence-corrected chi connectivity index (χ0v) is 15.7. The number of amides is 2. The first-order valence-electron chi connectivity index (χ1n) is 9.15. The van der Waals surface area contributed by atoms with Crippen LogP contribution < -0.4 is 21.3 Å². The van der Waals surface area contributed by atoms with E-state index in [1.54, 1.807) is 0 Å². The largest absolute Gasteiger partial charge is 0.445 e. The Bertz CT molecular complexity index is 355. The summed E-state index contributed by atoms with van der Waals surface area (Å²) in [6, 6.07) is 0. The fourth-order valence-electron chi connectivity index (χ4n) is 1.93. The highest BCUT2D eigenvalue weighted by Crippen LogP contribution is 1.86. The van der Waals surface area contributed by atoms with Crippen molar-refractivity contribution in [3.05, 3.63) is 25.3 Å². The first kappa shape index (κ1) is 23.9. The lowest BCUT2D eigenvalue weighted by molar-refractivity contribution is 0.157. The second-order valence-electron chi connectivity index (χ2n) is 5.54. The number of alkyl carbamates (subject to hydrolysis) is 2. The third kappa shape index (κ3) is 18.3. The molecule has 0 aromatic rings. The van der Waals surface area contributed by atoms with Crippen molar-refractivity contribution in [3.63, 3.8) is 0 Å². The molecule has 0 aliphatic carbocycles. The van der Waals surface area contributed by atoms with E-state index in [1.165, 1.54) is 12.2 Å². The van der Waals surface area contributed by atoms with Gasteiger partial charge in [-0.15, -0.1) is 0 Å². The molecule has 0 heterocycles. The Morgan fingerprint density at radius 1 is 0.654 bits per heavy atom. The second kappa shape index (κ2) is 19.3. The van der Waals surface area contributed by atoms with Gasteiger partial charge in [0.1, 0.15) is 13.2 Å². The minimum absolute atomic E-state index is 0.233. The van der Waals surface area contributed by atoms with Crippen LogP contribution >= 0.6 is 0 Å². The maximum atomic E-state index is 11.1. The minimum atomic E-state index is -0.403. The van der Waals surface area contributed by atoms with Crippen LogP contribution in [0.25, 0.3) is 0 Å². The van der Waals surface area contributed by atoms with Gasteiger partial charge in [0, 0.05) is 13.1 Å².